The predicted octanol–water partition coefficient (Wildman–Crippen LogP) is 1.95. The van der Waals surface area contributed by atoms with E-state index in [0.29, 0.717) is 39.2 Å². The minimum atomic E-state index is -1.97. The van der Waals surface area contributed by atoms with E-state index >= 15 is 0 Å². The molecule has 7 rings (SSSR count). The first kappa shape index (κ1) is 32.7. The van der Waals surface area contributed by atoms with E-state index in [1.807, 2.05) is 0 Å². The van der Waals surface area contributed by atoms with E-state index in [-0.39, 0.29) is 37.4 Å². The number of likely N-dealkylation sites (tertiary alicyclic amines) is 1. The lowest BCUT2D eigenvalue weighted by molar-refractivity contribution is -0.137. The van der Waals surface area contributed by atoms with Gasteiger partial charge in [0.15, 0.2) is 21.2 Å². The Hall–Kier alpha value is -4.82. The van der Waals surface area contributed by atoms with Crippen molar-refractivity contribution in [3.05, 3.63) is 90.1 Å². The number of nitrogens with zero attached hydrogens (tertiary/aromatic N) is 6. The number of allylic oxidation sites excluding steroid dienone is 2. The largest absolute Gasteiger partial charge is 0.508 e. The van der Waals surface area contributed by atoms with Gasteiger partial charge in [-0.3, -0.25) is 19.3 Å². The number of phenols is 1. The van der Waals surface area contributed by atoms with Crippen molar-refractivity contribution in [1.82, 2.24) is 28.4 Å². The maximum absolute atomic E-state index is 14.1. The van der Waals surface area contributed by atoms with Crippen molar-refractivity contribution in [1.29, 1.82) is 0 Å². The third kappa shape index (κ3) is 4.32. The molecule has 256 valence electrons. The molecular weight excluding hydrogens is 679 g/mol. The molecule has 1 aliphatic carbocycles. The van der Waals surface area contributed by atoms with Crippen LogP contribution in [0.1, 0.15) is 35.2 Å². The monoisotopic (exact) mass is 710 g/mol. The van der Waals surface area contributed by atoms with Crippen molar-refractivity contribution in [3.63, 3.8) is 0 Å². The zero-order chi connectivity index (χ0) is 35.3. The number of carbonyl (C=O) groups is 2. The molecule has 2 aliphatic heterocycles. The molecule has 4 heterocycles. The Bertz CT molecular complexity index is 2340. The average Bonchev–Trinajstić information content (AvgIpc) is 3.40. The molecule has 2 amide bonds. The standard InChI is InChI=1S/C33H32Cl2N6O8/c1-16-12-17(6-7-23(16)42)26-18-8-11-40-30(46)39(31(47)41(40)22(18)15-32(34)28(44)38(3)29(45)33(26,32)35)10-9-19-27(43)37(2)21-14-25(49-5)24(48-4)13-20(21)36-19/h6-8,12-14,22,26,42H,9-11,15H2,1-5H3. The number of benzene rings is 2. The van der Waals surface area contributed by atoms with Gasteiger partial charge in [0.05, 0.1) is 37.8 Å². The molecule has 0 bridgehead atoms. The zero-order valence-electron chi connectivity index (χ0n) is 27.2. The first-order valence-electron chi connectivity index (χ1n) is 15.4. The van der Waals surface area contributed by atoms with Gasteiger partial charge >= 0.3 is 11.4 Å². The van der Waals surface area contributed by atoms with Gasteiger partial charge in [0.2, 0.25) is 0 Å². The van der Waals surface area contributed by atoms with Gasteiger partial charge in [-0.2, -0.15) is 0 Å². The van der Waals surface area contributed by atoms with Crippen LogP contribution in [0, 0.1) is 6.92 Å². The molecular formula is C33H32Cl2N6O8. The quantitative estimate of drug-likeness (QED) is 0.179. The number of hydrogen-bond donors (Lipinski definition) is 1. The van der Waals surface area contributed by atoms with E-state index < -0.39 is 50.5 Å². The number of rotatable bonds is 6. The summed E-state index contributed by atoms with van der Waals surface area (Å²) in [7, 11) is 5.87. The van der Waals surface area contributed by atoms with Gasteiger partial charge in [0, 0.05) is 51.5 Å². The van der Waals surface area contributed by atoms with Crippen LogP contribution in [0.5, 0.6) is 17.2 Å². The number of imide groups is 1. The molecule has 0 spiro atoms. The van der Waals surface area contributed by atoms with Crippen LogP contribution in [0.3, 0.4) is 0 Å². The van der Waals surface area contributed by atoms with E-state index in [2.05, 4.69) is 4.98 Å². The lowest BCUT2D eigenvalue weighted by atomic mass is 9.64. The fourth-order valence-corrected chi connectivity index (χ4v) is 8.57. The van der Waals surface area contributed by atoms with Crippen LogP contribution in [0.15, 0.2) is 56.4 Å². The van der Waals surface area contributed by atoms with Gasteiger partial charge in [-0.05, 0) is 29.7 Å². The number of methoxy groups -OCH3 is 2. The Kier molecular flexibility index (Phi) is 7.41. The molecule has 4 unspecified atom stereocenters. The minimum Gasteiger partial charge on any atom is -0.508 e. The van der Waals surface area contributed by atoms with Gasteiger partial charge in [0.1, 0.15) is 11.4 Å². The number of aryl methyl sites for hydroxylation is 3. The number of fused-ring (bicyclic) bond motifs is 5. The summed E-state index contributed by atoms with van der Waals surface area (Å²) in [6.45, 7) is 1.49. The fraction of sp³-hybridized carbons (Fsp3) is 0.394. The van der Waals surface area contributed by atoms with Crippen molar-refractivity contribution >= 4 is 46.0 Å². The molecule has 3 aliphatic rings. The summed E-state index contributed by atoms with van der Waals surface area (Å²) >= 11 is 14.4. The second-order valence-corrected chi connectivity index (χ2v) is 13.8. The molecule has 1 saturated carbocycles. The number of hydrogen-bond acceptors (Lipinski definition) is 9. The third-order valence-electron chi connectivity index (χ3n) is 10.1. The normalized spacial score (nSPS) is 24.5. The van der Waals surface area contributed by atoms with Crippen molar-refractivity contribution in [2.45, 2.75) is 54.6 Å². The van der Waals surface area contributed by atoms with E-state index in [0.717, 1.165) is 9.47 Å². The molecule has 16 heteroatoms. The van der Waals surface area contributed by atoms with E-state index in [1.54, 1.807) is 44.3 Å². The summed E-state index contributed by atoms with van der Waals surface area (Å²) in [6, 6.07) is 7.10. The Balaban J connectivity index is 1.31. The first-order valence-corrected chi connectivity index (χ1v) is 16.2. The Morgan fingerprint density at radius 2 is 1.67 bits per heavy atom. The summed E-state index contributed by atoms with van der Waals surface area (Å²) in [5.74, 6) is -1.50. The van der Waals surface area contributed by atoms with Crippen LogP contribution in [0.4, 0.5) is 0 Å². The highest BCUT2D eigenvalue weighted by Crippen LogP contribution is 2.63. The number of aromatic hydroxyl groups is 1. The lowest BCUT2D eigenvalue weighted by Crippen LogP contribution is -2.59. The topological polar surface area (TPSA) is 160 Å². The number of ether oxygens (including phenoxy) is 2. The summed E-state index contributed by atoms with van der Waals surface area (Å²) < 4.78 is 15.7. The number of aromatic nitrogens is 5. The minimum absolute atomic E-state index is 0.0252. The highest BCUT2D eigenvalue weighted by atomic mass is 35.5. The summed E-state index contributed by atoms with van der Waals surface area (Å²) in [6.07, 6.45) is 1.45. The lowest BCUT2D eigenvalue weighted by Gasteiger charge is -2.49. The van der Waals surface area contributed by atoms with E-state index in [4.69, 9.17) is 32.7 Å². The van der Waals surface area contributed by atoms with Gasteiger partial charge < -0.3 is 19.1 Å². The van der Waals surface area contributed by atoms with E-state index in [9.17, 15) is 29.1 Å². The van der Waals surface area contributed by atoms with Crippen molar-refractivity contribution in [2.24, 2.45) is 7.05 Å². The predicted molar refractivity (Wildman–Crippen MR) is 179 cm³/mol. The van der Waals surface area contributed by atoms with Crippen LogP contribution >= 0.6 is 23.2 Å². The van der Waals surface area contributed by atoms with Crippen LogP contribution in [-0.2, 0) is 36.1 Å². The van der Waals surface area contributed by atoms with Crippen molar-refractivity contribution < 1.29 is 24.2 Å². The average molecular weight is 712 g/mol. The molecule has 14 nitrogen and oxygen atoms in total. The highest BCUT2D eigenvalue weighted by Gasteiger charge is 2.74. The molecule has 49 heavy (non-hydrogen) atoms. The molecule has 0 radical (unpaired) electrons. The number of phenolic OH excluding ortho intramolecular Hbond substituents is 1. The van der Waals surface area contributed by atoms with Gasteiger partial charge in [-0.1, -0.05) is 18.2 Å². The van der Waals surface area contributed by atoms with Crippen LogP contribution in [0.2, 0.25) is 0 Å². The molecule has 2 aromatic heterocycles. The van der Waals surface area contributed by atoms with Crippen LogP contribution < -0.4 is 26.4 Å². The van der Waals surface area contributed by atoms with Crippen LogP contribution in [-0.4, -0.2) is 76.3 Å². The number of alkyl halides is 2. The van der Waals surface area contributed by atoms with E-state index in [1.165, 1.54) is 41.3 Å². The van der Waals surface area contributed by atoms with Gasteiger partial charge in [-0.25, -0.2) is 28.5 Å². The molecule has 1 saturated heterocycles. The Labute approximate surface area is 288 Å². The smallest absolute Gasteiger partial charge is 0.347 e. The maximum Gasteiger partial charge on any atom is 0.347 e. The first-order chi connectivity index (χ1) is 23.2. The molecule has 4 atom stereocenters. The third-order valence-corrected chi connectivity index (χ3v) is 11.5. The number of carbonyl (C=O) groups excluding carboxylic acids is 2. The molecule has 2 aromatic carbocycles. The Morgan fingerprint density at radius 1 is 0.980 bits per heavy atom. The van der Waals surface area contributed by atoms with Crippen LogP contribution in [0.25, 0.3) is 11.0 Å². The highest BCUT2D eigenvalue weighted by molar-refractivity contribution is 6.53. The molecule has 1 N–H and O–H groups in total. The molecule has 4 aromatic rings. The summed E-state index contributed by atoms with van der Waals surface area (Å²) in [4.78, 5) is 70.1. The summed E-state index contributed by atoms with van der Waals surface area (Å²) in [5, 5.41) is 10.2. The fourth-order valence-electron chi connectivity index (χ4n) is 7.57. The summed E-state index contributed by atoms with van der Waals surface area (Å²) in [5.41, 5.74) is 0.944. The van der Waals surface area contributed by atoms with Gasteiger partial charge in [-0.15, -0.1) is 23.2 Å². The molecule has 2 fully saturated rings. The number of amides is 2. The van der Waals surface area contributed by atoms with Crippen molar-refractivity contribution in [3.8, 4) is 17.2 Å². The van der Waals surface area contributed by atoms with Gasteiger partial charge in [0.25, 0.3) is 17.4 Å². The second kappa shape index (κ2) is 11.1. The SMILES string of the molecule is COc1cc2nc(CCn3c(=O)n4n(c3=O)C3CC5(Cl)C(=O)N(C)C(=O)C5(Cl)C(c5ccc(O)c(C)c5)C3=CC4)c(=O)n(C)c2cc1OC. The maximum atomic E-state index is 14.1. The second-order valence-electron chi connectivity index (χ2n) is 12.6. The number of halogens is 2. The Morgan fingerprint density at radius 3 is 2.35 bits per heavy atom. The van der Waals surface area contributed by atoms with Crippen molar-refractivity contribution in [2.75, 3.05) is 21.3 Å². The zero-order valence-corrected chi connectivity index (χ0v) is 28.7.